The molecule has 0 radical (unpaired) electrons. The van der Waals surface area contributed by atoms with Crippen LogP contribution >= 0.6 is 0 Å². The Kier molecular flexibility index (Phi) is 6.33. The van der Waals surface area contributed by atoms with Gasteiger partial charge in [-0.25, -0.2) is 0 Å². The molecular formula is C11H24O3. The zero-order valence-corrected chi connectivity index (χ0v) is 9.53. The molecule has 0 saturated carbocycles. The van der Waals surface area contributed by atoms with Crippen LogP contribution in [0.25, 0.3) is 0 Å². The molecule has 3 nitrogen and oxygen atoms in total. The Morgan fingerprint density at radius 1 is 1.07 bits per heavy atom. The summed E-state index contributed by atoms with van der Waals surface area (Å²) in [5, 5.41) is 28.2. The Hall–Kier alpha value is -0.120. The molecule has 0 aromatic carbocycles. The Bertz CT molecular complexity index is 145. The van der Waals surface area contributed by atoms with Crippen LogP contribution in [0.15, 0.2) is 0 Å². The van der Waals surface area contributed by atoms with E-state index in [0.717, 1.165) is 12.8 Å². The number of hydrogen-bond acceptors (Lipinski definition) is 3. The van der Waals surface area contributed by atoms with E-state index in [2.05, 4.69) is 0 Å². The predicted molar refractivity (Wildman–Crippen MR) is 57.0 cm³/mol. The van der Waals surface area contributed by atoms with Crippen LogP contribution in [0.1, 0.15) is 46.5 Å². The van der Waals surface area contributed by atoms with Crippen molar-refractivity contribution < 1.29 is 15.3 Å². The molecule has 0 fully saturated rings. The van der Waals surface area contributed by atoms with Crippen molar-refractivity contribution in [1.82, 2.24) is 0 Å². The summed E-state index contributed by atoms with van der Waals surface area (Å²) in [4.78, 5) is 0. The Morgan fingerprint density at radius 2 is 1.64 bits per heavy atom. The average Bonchev–Trinajstić information content (AvgIpc) is 2.16. The van der Waals surface area contributed by atoms with Crippen LogP contribution in [-0.2, 0) is 0 Å². The maximum absolute atomic E-state index is 9.86. The van der Waals surface area contributed by atoms with Gasteiger partial charge in [0.25, 0.3) is 0 Å². The van der Waals surface area contributed by atoms with Gasteiger partial charge in [0.15, 0.2) is 0 Å². The Balaban J connectivity index is 4.00. The highest BCUT2D eigenvalue weighted by molar-refractivity contribution is 4.84. The summed E-state index contributed by atoms with van der Waals surface area (Å²) in [5.74, 6) is 0. The van der Waals surface area contributed by atoms with Gasteiger partial charge in [-0.1, -0.05) is 20.8 Å². The van der Waals surface area contributed by atoms with Crippen molar-refractivity contribution in [2.45, 2.75) is 58.7 Å². The standard InChI is InChI=1S/C11H24O3/c1-4-9(13)11(2,3)10(14)7-5-6-8-12/h9-10,12-14H,4-8H2,1-3H3. The van der Waals surface area contributed by atoms with Crippen LogP contribution in [0.2, 0.25) is 0 Å². The van der Waals surface area contributed by atoms with Gasteiger partial charge < -0.3 is 15.3 Å². The summed E-state index contributed by atoms with van der Waals surface area (Å²) in [6.07, 6.45) is 1.86. The third-order valence-corrected chi connectivity index (χ3v) is 2.99. The van der Waals surface area contributed by atoms with E-state index in [4.69, 9.17) is 5.11 Å². The number of aliphatic hydroxyl groups is 3. The number of aliphatic hydroxyl groups excluding tert-OH is 3. The lowest BCUT2D eigenvalue weighted by Crippen LogP contribution is -2.40. The molecule has 0 aromatic heterocycles. The van der Waals surface area contributed by atoms with E-state index in [9.17, 15) is 10.2 Å². The average molecular weight is 204 g/mol. The van der Waals surface area contributed by atoms with E-state index in [-0.39, 0.29) is 6.61 Å². The molecule has 0 aliphatic carbocycles. The summed E-state index contributed by atoms with van der Waals surface area (Å²) in [7, 11) is 0. The molecular weight excluding hydrogens is 180 g/mol. The fourth-order valence-corrected chi connectivity index (χ4v) is 1.57. The Labute approximate surface area is 86.8 Å². The summed E-state index contributed by atoms with van der Waals surface area (Å²) >= 11 is 0. The first-order valence-corrected chi connectivity index (χ1v) is 5.43. The molecule has 0 heterocycles. The van der Waals surface area contributed by atoms with Crippen LogP contribution in [0.5, 0.6) is 0 Å². The zero-order valence-electron chi connectivity index (χ0n) is 9.53. The molecule has 3 heteroatoms. The van der Waals surface area contributed by atoms with E-state index in [1.165, 1.54) is 0 Å². The van der Waals surface area contributed by atoms with Crippen LogP contribution in [-0.4, -0.2) is 34.1 Å². The topological polar surface area (TPSA) is 60.7 Å². The maximum atomic E-state index is 9.86. The maximum Gasteiger partial charge on any atom is 0.0615 e. The second-order valence-electron chi connectivity index (χ2n) is 4.48. The molecule has 0 aromatic rings. The van der Waals surface area contributed by atoms with Gasteiger partial charge in [0.1, 0.15) is 0 Å². The number of rotatable bonds is 7. The molecule has 2 atom stereocenters. The second-order valence-corrected chi connectivity index (χ2v) is 4.48. The van der Waals surface area contributed by atoms with Crippen molar-refractivity contribution in [1.29, 1.82) is 0 Å². The van der Waals surface area contributed by atoms with Gasteiger partial charge in [0, 0.05) is 12.0 Å². The van der Waals surface area contributed by atoms with Crippen molar-refractivity contribution in [3.63, 3.8) is 0 Å². The van der Waals surface area contributed by atoms with Crippen molar-refractivity contribution in [3.05, 3.63) is 0 Å². The first-order chi connectivity index (χ1) is 6.46. The highest BCUT2D eigenvalue weighted by atomic mass is 16.3. The summed E-state index contributed by atoms with van der Waals surface area (Å²) in [6, 6.07) is 0. The van der Waals surface area contributed by atoms with Crippen molar-refractivity contribution >= 4 is 0 Å². The molecule has 0 spiro atoms. The lowest BCUT2D eigenvalue weighted by Gasteiger charge is -2.34. The van der Waals surface area contributed by atoms with Gasteiger partial charge in [0.2, 0.25) is 0 Å². The molecule has 0 rings (SSSR count). The number of hydrogen-bond donors (Lipinski definition) is 3. The molecule has 3 N–H and O–H groups in total. The highest BCUT2D eigenvalue weighted by Crippen LogP contribution is 2.30. The minimum absolute atomic E-state index is 0.170. The molecule has 2 unspecified atom stereocenters. The van der Waals surface area contributed by atoms with Gasteiger partial charge >= 0.3 is 0 Å². The molecule has 0 bridgehead atoms. The molecule has 0 amide bonds. The minimum atomic E-state index is -0.496. The third kappa shape index (κ3) is 3.95. The van der Waals surface area contributed by atoms with Crippen molar-refractivity contribution in [3.8, 4) is 0 Å². The molecule has 0 aliphatic rings. The first-order valence-electron chi connectivity index (χ1n) is 5.43. The number of unbranched alkanes of at least 4 members (excludes halogenated alkanes) is 1. The van der Waals surface area contributed by atoms with Crippen LogP contribution in [0.3, 0.4) is 0 Å². The monoisotopic (exact) mass is 204 g/mol. The summed E-state index contributed by atoms with van der Waals surface area (Å²) in [6.45, 7) is 5.84. The first kappa shape index (κ1) is 13.9. The SMILES string of the molecule is CCC(O)C(C)(C)C(O)CCCCO. The zero-order chi connectivity index (χ0) is 11.2. The van der Waals surface area contributed by atoms with Crippen LogP contribution in [0, 0.1) is 5.41 Å². The second kappa shape index (κ2) is 6.38. The smallest absolute Gasteiger partial charge is 0.0615 e. The van der Waals surface area contributed by atoms with Gasteiger partial charge in [-0.3, -0.25) is 0 Å². The van der Waals surface area contributed by atoms with Crippen LogP contribution < -0.4 is 0 Å². The lowest BCUT2D eigenvalue weighted by atomic mass is 9.78. The van der Waals surface area contributed by atoms with Crippen molar-refractivity contribution in [2.75, 3.05) is 6.61 Å². The van der Waals surface area contributed by atoms with E-state index in [1.54, 1.807) is 0 Å². The molecule has 86 valence electrons. The fraction of sp³-hybridized carbons (Fsp3) is 1.00. The van der Waals surface area contributed by atoms with E-state index in [0.29, 0.717) is 12.8 Å². The lowest BCUT2D eigenvalue weighted by molar-refractivity contribution is -0.0528. The fourth-order valence-electron chi connectivity index (χ4n) is 1.57. The van der Waals surface area contributed by atoms with Gasteiger partial charge in [0.05, 0.1) is 12.2 Å². The normalized spacial score (nSPS) is 16.7. The third-order valence-electron chi connectivity index (χ3n) is 2.99. The summed E-state index contributed by atoms with van der Waals surface area (Å²) < 4.78 is 0. The minimum Gasteiger partial charge on any atom is -0.396 e. The molecule has 0 saturated heterocycles. The molecule has 0 aliphatic heterocycles. The Morgan fingerprint density at radius 3 is 2.07 bits per heavy atom. The van der Waals surface area contributed by atoms with E-state index >= 15 is 0 Å². The largest absolute Gasteiger partial charge is 0.396 e. The van der Waals surface area contributed by atoms with Crippen LogP contribution in [0.4, 0.5) is 0 Å². The predicted octanol–water partition coefficient (Wildman–Crippen LogP) is 1.31. The molecule has 14 heavy (non-hydrogen) atoms. The van der Waals surface area contributed by atoms with E-state index in [1.807, 2.05) is 20.8 Å². The van der Waals surface area contributed by atoms with Crippen molar-refractivity contribution in [2.24, 2.45) is 5.41 Å². The summed E-state index contributed by atoms with van der Waals surface area (Å²) in [5.41, 5.74) is -0.454. The van der Waals surface area contributed by atoms with Gasteiger partial charge in [-0.2, -0.15) is 0 Å². The highest BCUT2D eigenvalue weighted by Gasteiger charge is 2.33. The quantitative estimate of drug-likeness (QED) is 0.548. The van der Waals surface area contributed by atoms with Gasteiger partial charge in [-0.05, 0) is 25.7 Å². The van der Waals surface area contributed by atoms with Gasteiger partial charge in [-0.15, -0.1) is 0 Å². The van der Waals surface area contributed by atoms with E-state index < -0.39 is 17.6 Å².